The van der Waals surface area contributed by atoms with Crippen molar-refractivity contribution in [2.24, 2.45) is 5.92 Å². The molecule has 0 radical (unpaired) electrons. The molecule has 0 saturated carbocycles. The number of hydrogen-bond donors (Lipinski definition) is 1. The van der Waals surface area contributed by atoms with Gasteiger partial charge >= 0.3 is 11.7 Å². The van der Waals surface area contributed by atoms with Crippen molar-refractivity contribution in [1.29, 1.82) is 0 Å². The molecule has 2 aromatic rings. The predicted octanol–water partition coefficient (Wildman–Crippen LogP) is 4.45. The summed E-state index contributed by atoms with van der Waals surface area (Å²) < 4.78 is 81.5. The third kappa shape index (κ3) is 4.80. The van der Waals surface area contributed by atoms with E-state index in [0.717, 1.165) is 23.1 Å². The van der Waals surface area contributed by atoms with Gasteiger partial charge in [-0.3, -0.25) is 0 Å². The molecule has 1 heterocycles. The first kappa shape index (κ1) is 22.5. The topological polar surface area (TPSA) is 50.9 Å². The van der Waals surface area contributed by atoms with E-state index in [4.69, 9.17) is 0 Å². The Balaban J connectivity index is 2.47. The molecule has 0 aliphatic rings. The lowest BCUT2D eigenvalue weighted by atomic mass is 9.79. The maximum absolute atomic E-state index is 14.4. The summed E-state index contributed by atoms with van der Waals surface area (Å²) in [5.41, 5.74) is -2.49. The zero-order valence-electron chi connectivity index (χ0n) is 15.0. The van der Waals surface area contributed by atoms with Crippen LogP contribution in [0.4, 0.5) is 26.3 Å². The van der Waals surface area contributed by atoms with Crippen LogP contribution in [0.1, 0.15) is 25.8 Å². The van der Waals surface area contributed by atoms with E-state index < -0.39 is 46.6 Å². The second-order valence-electron chi connectivity index (χ2n) is 6.36. The van der Waals surface area contributed by atoms with Gasteiger partial charge in [-0.2, -0.15) is 13.9 Å². The van der Waals surface area contributed by atoms with Crippen molar-refractivity contribution in [2.45, 2.75) is 49.3 Å². The molecule has 3 atom stereocenters. The highest BCUT2D eigenvalue weighted by atomic mass is 32.2. The summed E-state index contributed by atoms with van der Waals surface area (Å²) in [4.78, 5) is 3.71. The zero-order chi connectivity index (χ0) is 21.1. The fourth-order valence-electron chi connectivity index (χ4n) is 2.98. The van der Waals surface area contributed by atoms with Gasteiger partial charge in [-0.15, -0.1) is 0 Å². The molecule has 2 rings (SSSR count). The highest BCUT2D eigenvalue weighted by Gasteiger charge is 2.49. The van der Waals surface area contributed by atoms with E-state index in [1.807, 2.05) is 0 Å². The minimum absolute atomic E-state index is 0.00335. The number of thioether (sulfide) groups is 1. The first-order valence-corrected chi connectivity index (χ1v) is 9.23. The molecule has 0 amide bonds. The number of aliphatic hydroxyl groups is 1. The average Bonchev–Trinajstić information content (AvgIpc) is 3.11. The van der Waals surface area contributed by atoms with Gasteiger partial charge in [0.25, 0.3) is 0 Å². The van der Waals surface area contributed by atoms with E-state index in [1.54, 1.807) is 0 Å². The fraction of sp³-hybridized carbons (Fsp3) is 0.529. The molecule has 28 heavy (non-hydrogen) atoms. The summed E-state index contributed by atoms with van der Waals surface area (Å²) in [5, 5.41) is 9.65. The third-order valence-electron chi connectivity index (χ3n) is 4.54. The van der Waals surface area contributed by atoms with Crippen molar-refractivity contribution in [3.8, 4) is 0 Å². The average molecular weight is 427 g/mol. The van der Waals surface area contributed by atoms with Gasteiger partial charge in [0.15, 0.2) is 0 Å². The molecule has 11 heteroatoms. The molecule has 3 unspecified atom stereocenters. The molecule has 0 aliphatic carbocycles. The molecular weight excluding hydrogens is 408 g/mol. The molecule has 1 N–H and O–H groups in total. The number of alkyl halides is 4. The first-order valence-electron chi connectivity index (χ1n) is 8.35. The SMILES string of the molecule is CCC(SC(F)(F)C(F)F)C(C)C(O)(Cn1cncn1)c1ccc(F)cc1F. The number of hydrogen-bond acceptors (Lipinski definition) is 4. The van der Waals surface area contributed by atoms with E-state index in [9.17, 15) is 31.4 Å². The Bertz CT molecular complexity index is 776. The second-order valence-corrected chi connectivity index (χ2v) is 7.74. The number of nitrogens with zero attached hydrogens (tertiary/aromatic N) is 3. The van der Waals surface area contributed by atoms with Crippen molar-refractivity contribution in [3.63, 3.8) is 0 Å². The van der Waals surface area contributed by atoms with Crippen LogP contribution in [-0.4, -0.2) is 36.8 Å². The largest absolute Gasteiger partial charge is 0.383 e. The maximum atomic E-state index is 14.4. The summed E-state index contributed by atoms with van der Waals surface area (Å²) >= 11 is -0.279. The van der Waals surface area contributed by atoms with Crippen LogP contribution in [0.25, 0.3) is 0 Å². The Morgan fingerprint density at radius 3 is 2.43 bits per heavy atom. The number of aromatic nitrogens is 3. The molecule has 156 valence electrons. The van der Waals surface area contributed by atoms with Gasteiger partial charge in [-0.1, -0.05) is 31.7 Å². The lowest BCUT2D eigenvalue weighted by molar-refractivity contribution is -0.0607. The normalized spacial score (nSPS) is 16.8. The van der Waals surface area contributed by atoms with Gasteiger partial charge in [0.05, 0.1) is 6.54 Å². The van der Waals surface area contributed by atoms with E-state index in [2.05, 4.69) is 10.1 Å². The van der Waals surface area contributed by atoms with Crippen LogP contribution < -0.4 is 0 Å². The molecule has 0 spiro atoms. The van der Waals surface area contributed by atoms with Crippen molar-refractivity contribution < 1.29 is 31.4 Å². The molecule has 1 aromatic carbocycles. The van der Waals surface area contributed by atoms with Crippen LogP contribution in [0.3, 0.4) is 0 Å². The van der Waals surface area contributed by atoms with E-state index >= 15 is 0 Å². The smallest absolute Gasteiger partial charge is 0.353 e. The van der Waals surface area contributed by atoms with Crippen molar-refractivity contribution in [1.82, 2.24) is 14.8 Å². The highest BCUT2D eigenvalue weighted by molar-refractivity contribution is 8.01. The lowest BCUT2D eigenvalue weighted by Gasteiger charge is -2.39. The van der Waals surface area contributed by atoms with Gasteiger partial charge in [-0.25, -0.2) is 27.2 Å². The minimum atomic E-state index is -4.34. The van der Waals surface area contributed by atoms with Crippen LogP contribution in [0, 0.1) is 17.6 Å². The van der Waals surface area contributed by atoms with Crippen LogP contribution in [0.2, 0.25) is 0 Å². The van der Waals surface area contributed by atoms with Gasteiger partial charge < -0.3 is 5.11 Å². The quantitative estimate of drug-likeness (QED) is 0.601. The van der Waals surface area contributed by atoms with Crippen molar-refractivity contribution in [2.75, 3.05) is 0 Å². The Morgan fingerprint density at radius 1 is 1.25 bits per heavy atom. The Hall–Kier alpha value is -1.75. The van der Waals surface area contributed by atoms with Crippen LogP contribution in [-0.2, 0) is 12.1 Å². The van der Waals surface area contributed by atoms with Crippen LogP contribution in [0.15, 0.2) is 30.9 Å². The van der Waals surface area contributed by atoms with E-state index in [-0.39, 0.29) is 23.7 Å². The molecule has 0 saturated heterocycles. The molecule has 0 aliphatic heterocycles. The lowest BCUT2D eigenvalue weighted by Crippen LogP contribution is -2.44. The Morgan fingerprint density at radius 2 is 1.93 bits per heavy atom. The summed E-state index contributed by atoms with van der Waals surface area (Å²) in [6.07, 6.45) is -1.52. The zero-order valence-corrected chi connectivity index (χ0v) is 15.8. The second kappa shape index (κ2) is 8.73. The molecular formula is C17H19F6N3OS. The standard InChI is InChI=1S/C17H19F6N3OS/c1-3-14(28-17(22,23)15(20)21)10(2)16(27,7-26-9-24-8-25-26)12-5-4-11(18)6-13(12)19/h4-6,8-10,14-15,27H,3,7H2,1-2H3. The number of benzene rings is 1. The van der Waals surface area contributed by atoms with E-state index in [0.29, 0.717) is 6.07 Å². The Labute approximate surface area is 162 Å². The van der Waals surface area contributed by atoms with Crippen LogP contribution >= 0.6 is 11.8 Å². The predicted molar refractivity (Wildman–Crippen MR) is 92.1 cm³/mol. The monoisotopic (exact) mass is 427 g/mol. The first-order chi connectivity index (χ1) is 13.0. The molecule has 0 fully saturated rings. The summed E-state index contributed by atoms with van der Waals surface area (Å²) in [5.74, 6) is -3.10. The fourth-order valence-corrected chi connectivity index (χ4v) is 4.08. The Kier molecular flexibility index (Phi) is 7.02. The van der Waals surface area contributed by atoms with Crippen LogP contribution in [0.5, 0.6) is 0 Å². The highest BCUT2D eigenvalue weighted by Crippen LogP contribution is 2.46. The summed E-state index contributed by atoms with van der Waals surface area (Å²) in [6, 6.07) is 2.47. The van der Waals surface area contributed by atoms with Crippen molar-refractivity contribution >= 4 is 11.8 Å². The van der Waals surface area contributed by atoms with Gasteiger partial charge in [-0.05, 0) is 12.5 Å². The molecule has 1 aromatic heterocycles. The molecule has 4 nitrogen and oxygen atoms in total. The van der Waals surface area contributed by atoms with Gasteiger partial charge in [0, 0.05) is 22.8 Å². The van der Waals surface area contributed by atoms with Gasteiger partial charge in [0.2, 0.25) is 0 Å². The van der Waals surface area contributed by atoms with Gasteiger partial charge in [0.1, 0.15) is 29.9 Å². The number of rotatable bonds is 9. The van der Waals surface area contributed by atoms with E-state index in [1.165, 1.54) is 20.2 Å². The summed E-state index contributed by atoms with van der Waals surface area (Å²) in [7, 11) is 0. The minimum Gasteiger partial charge on any atom is -0.383 e. The number of halogens is 6. The third-order valence-corrected chi connectivity index (χ3v) is 6.08. The summed E-state index contributed by atoms with van der Waals surface area (Å²) in [6.45, 7) is 2.45. The maximum Gasteiger partial charge on any atom is 0.353 e. The van der Waals surface area contributed by atoms with Crippen molar-refractivity contribution in [3.05, 3.63) is 48.1 Å². The molecule has 0 bridgehead atoms.